The molecule has 0 amide bonds. The molecule has 108 valence electrons. The van der Waals surface area contributed by atoms with Gasteiger partial charge in [-0.15, -0.1) is 0 Å². The highest BCUT2D eigenvalue weighted by Gasteiger charge is 2.25. The van der Waals surface area contributed by atoms with Crippen molar-refractivity contribution in [1.29, 1.82) is 0 Å². The Labute approximate surface area is 115 Å². The predicted molar refractivity (Wildman–Crippen MR) is 76.0 cm³/mol. The van der Waals surface area contributed by atoms with Gasteiger partial charge in [-0.1, -0.05) is 30.3 Å². The number of aliphatic hydroxyl groups excluding tert-OH is 2. The van der Waals surface area contributed by atoms with Gasteiger partial charge in [0, 0.05) is 6.54 Å². The summed E-state index contributed by atoms with van der Waals surface area (Å²) in [4.78, 5) is 0. The van der Waals surface area contributed by atoms with E-state index in [0.29, 0.717) is 13.2 Å². The molecule has 0 saturated heterocycles. The van der Waals surface area contributed by atoms with Gasteiger partial charge in [-0.05, 0) is 26.3 Å². The van der Waals surface area contributed by atoms with Gasteiger partial charge >= 0.3 is 0 Å². The predicted octanol–water partition coefficient (Wildman–Crippen LogP) is 1.27. The van der Waals surface area contributed by atoms with Crippen LogP contribution >= 0.6 is 0 Å². The van der Waals surface area contributed by atoms with Crippen molar-refractivity contribution in [3.05, 3.63) is 35.9 Å². The highest BCUT2D eigenvalue weighted by atomic mass is 16.5. The SMILES string of the molecule is CC(C)OCC(O)CNC(C)(CO)c1ccccc1. The van der Waals surface area contributed by atoms with Crippen molar-refractivity contribution in [2.75, 3.05) is 19.8 Å². The third kappa shape index (κ3) is 5.28. The third-order valence-corrected chi connectivity index (χ3v) is 3.08. The number of ether oxygens (including phenoxy) is 1. The van der Waals surface area contributed by atoms with Crippen LogP contribution in [-0.4, -0.2) is 42.2 Å². The van der Waals surface area contributed by atoms with Gasteiger partial charge in [0.05, 0.1) is 31.0 Å². The van der Waals surface area contributed by atoms with E-state index in [1.165, 1.54) is 0 Å². The van der Waals surface area contributed by atoms with Crippen molar-refractivity contribution in [2.45, 2.75) is 38.5 Å². The summed E-state index contributed by atoms with van der Waals surface area (Å²) >= 11 is 0. The molecule has 1 rings (SSSR count). The number of hydrogen-bond acceptors (Lipinski definition) is 4. The minimum absolute atomic E-state index is 0.0330. The van der Waals surface area contributed by atoms with Crippen molar-refractivity contribution in [3.63, 3.8) is 0 Å². The van der Waals surface area contributed by atoms with E-state index in [9.17, 15) is 10.2 Å². The van der Waals surface area contributed by atoms with Gasteiger partial charge in [0.1, 0.15) is 0 Å². The van der Waals surface area contributed by atoms with Crippen molar-refractivity contribution in [3.8, 4) is 0 Å². The van der Waals surface area contributed by atoms with E-state index in [4.69, 9.17) is 4.74 Å². The fourth-order valence-electron chi connectivity index (χ4n) is 1.76. The molecule has 2 atom stereocenters. The van der Waals surface area contributed by atoms with E-state index in [2.05, 4.69) is 5.32 Å². The Morgan fingerprint density at radius 1 is 1.26 bits per heavy atom. The minimum atomic E-state index is -0.586. The lowest BCUT2D eigenvalue weighted by molar-refractivity contribution is 0.00186. The molecule has 3 N–H and O–H groups in total. The molecule has 1 aromatic carbocycles. The van der Waals surface area contributed by atoms with Crippen LogP contribution in [0.15, 0.2) is 30.3 Å². The zero-order valence-electron chi connectivity index (χ0n) is 12.0. The normalized spacial score (nSPS) is 16.3. The Morgan fingerprint density at radius 3 is 2.42 bits per heavy atom. The highest BCUT2D eigenvalue weighted by molar-refractivity contribution is 5.23. The van der Waals surface area contributed by atoms with Gasteiger partial charge in [0.15, 0.2) is 0 Å². The maximum atomic E-state index is 9.83. The van der Waals surface area contributed by atoms with Crippen LogP contribution in [0.25, 0.3) is 0 Å². The van der Waals surface area contributed by atoms with Gasteiger partial charge in [-0.3, -0.25) is 0 Å². The lowest BCUT2D eigenvalue weighted by atomic mass is 9.93. The van der Waals surface area contributed by atoms with Crippen molar-refractivity contribution >= 4 is 0 Å². The van der Waals surface area contributed by atoms with E-state index in [-0.39, 0.29) is 12.7 Å². The zero-order valence-corrected chi connectivity index (χ0v) is 12.0. The van der Waals surface area contributed by atoms with E-state index >= 15 is 0 Å². The lowest BCUT2D eigenvalue weighted by Crippen LogP contribution is -2.47. The number of benzene rings is 1. The molecule has 0 heterocycles. The Kier molecular flexibility index (Phi) is 6.45. The van der Waals surface area contributed by atoms with Crippen LogP contribution < -0.4 is 5.32 Å². The summed E-state index contributed by atoms with van der Waals surface area (Å²) in [5.74, 6) is 0. The second kappa shape index (κ2) is 7.60. The van der Waals surface area contributed by atoms with Crippen LogP contribution in [0.1, 0.15) is 26.3 Å². The summed E-state index contributed by atoms with van der Waals surface area (Å²) in [5.41, 5.74) is 0.439. The van der Waals surface area contributed by atoms with Crippen molar-refractivity contribution in [1.82, 2.24) is 5.32 Å². The van der Waals surface area contributed by atoms with Crippen molar-refractivity contribution < 1.29 is 14.9 Å². The monoisotopic (exact) mass is 267 g/mol. The summed E-state index contributed by atoms with van der Waals surface area (Å²) < 4.78 is 5.36. The number of rotatable bonds is 8. The van der Waals surface area contributed by atoms with Crippen LogP contribution in [-0.2, 0) is 10.3 Å². The molecule has 0 spiro atoms. The maximum absolute atomic E-state index is 9.83. The first kappa shape index (κ1) is 16.1. The van der Waals surface area contributed by atoms with Crippen LogP contribution in [0.3, 0.4) is 0 Å². The second-order valence-electron chi connectivity index (χ2n) is 5.27. The van der Waals surface area contributed by atoms with Crippen LogP contribution in [0.2, 0.25) is 0 Å². The van der Waals surface area contributed by atoms with E-state index in [1.807, 2.05) is 51.1 Å². The average Bonchev–Trinajstić information content (AvgIpc) is 2.43. The molecule has 4 nitrogen and oxygen atoms in total. The fraction of sp³-hybridized carbons (Fsp3) is 0.600. The molecule has 2 unspecified atom stereocenters. The van der Waals surface area contributed by atoms with Gasteiger partial charge in [-0.25, -0.2) is 0 Å². The van der Waals surface area contributed by atoms with Gasteiger partial charge < -0.3 is 20.3 Å². The Hall–Kier alpha value is -0.940. The topological polar surface area (TPSA) is 61.7 Å². The van der Waals surface area contributed by atoms with Crippen molar-refractivity contribution in [2.24, 2.45) is 0 Å². The largest absolute Gasteiger partial charge is 0.394 e. The molecular formula is C15H25NO3. The molecule has 0 aliphatic carbocycles. The molecule has 4 heteroatoms. The third-order valence-electron chi connectivity index (χ3n) is 3.08. The van der Waals surface area contributed by atoms with E-state index in [1.54, 1.807) is 0 Å². The number of hydrogen-bond donors (Lipinski definition) is 3. The molecule has 0 aliphatic rings. The highest BCUT2D eigenvalue weighted by Crippen LogP contribution is 2.19. The summed E-state index contributed by atoms with van der Waals surface area (Å²) in [5, 5.41) is 22.6. The number of aliphatic hydroxyl groups is 2. The minimum Gasteiger partial charge on any atom is -0.394 e. The second-order valence-corrected chi connectivity index (χ2v) is 5.27. The van der Waals surface area contributed by atoms with E-state index in [0.717, 1.165) is 5.56 Å². The fourth-order valence-corrected chi connectivity index (χ4v) is 1.76. The first-order chi connectivity index (χ1) is 8.98. The molecule has 1 aromatic rings. The van der Waals surface area contributed by atoms with E-state index < -0.39 is 11.6 Å². The smallest absolute Gasteiger partial charge is 0.0898 e. The Bertz CT molecular complexity index is 356. The molecule has 0 radical (unpaired) electrons. The summed E-state index contributed by atoms with van der Waals surface area (Å²) in [7, 11) is 0. The first-order valence-electron chi connectivity index (χ1n) is 6.69. The van der Waals surface area contributed by atoms with Crippen LogP contribution in [0.5, 0.6) is 0 Å². The molecule has 19 heavy (non-hydrogen) atoms. The summed E-state index contributed by atoms with van der Waals surface area (Å²) in [6.07, 6.45) is -0.481. The lowest BCUT2D eigenvalue weighted by Gasteiger charge is -2.30. The molecule has 0 bridgehead atoms. The van der Waals surface area contributed by atoms with Crippen LogP contribution in [0.4, 0.5) is 0 Å². The maximum Gasteiger partial charge on any atom is 0.0898 e. The number of nitrogens with one attached hydrogen (secondary N) is 1. The zero-order chi connectivity index (χ0) is 14.3. The Morgan fingerprint density at radius 2 is 1.89 bits per heavy atom. The van der Waals surface area contributed by atoms with Crippen LogP contribution in [0, 0.1) is 0 Å². The first-order valence-corrected chi connectivity index (χ1v) is 6.69. The van der Waals surface area contributed by atoms with Gasteiger partial charge in [-0.2, -0.15) is 0 Å². The summed E-state index contributed by atoms with van der Waals surface area (Å²) in [6, 6.07) is 9.72. The molecular weight excluding hydrogens is 242 g/mol. The molecule has 0 aliphatic heterocycles. The quantitative estimate of drug-likeness (QED) is 0.664. The standard InChI is InChI=1S/C15H25NO3/c1-12(2)19-10-14(18)9-16-15(3,11-17)13-7-5-4-6-8-13/h4-8,12,14,16-18H,9-11H2,1-3H3. The molecule has 0 fully saturated rings. The Balaban J connectivity index is 2.53. The summed E-state index contributed by atoms with van der Waals surface area (Å²) in [6.45, 7) is 6.41. The van der Waals surface area contributed by atoms with Gasteiger partial charge in [0.2, 0.25) is 0 Å². The molecule has 0 aromatic heterocycles. The molecule has 0 saturated carbocycles. The average molecular weight is 267 g/mol. The van der Waals surface area contributed by atoms with Gasteiger partial charge in [0.25, 0.3) is 0 Å².